The Morgan fingerprint density at radius 3 is 3.08 bits per heavy atom. The minimum Gasteiger partial charge on any atom is -0.593 e. The van der Waals surface area contributed by atoms with Crippen molar-refractivity contribution in [2.75, 3.05) is 0 Å². The van der Waals surface area contributed by atoms with E-state index in [0.29, 0.717) is 15.9 Å². The van der Waals surface area contributed by atoms with Gasteiger partial charge in [0.25, 0.3) is 0 Å². The van der Waals surface area contributed by atoms with Crippen molar-refractivity contribution in [3.63, 3.8) is 0 Å². The van der Waals surface area contributed by atoms with E-state index < -0.39 is 11.4 Å². The van der Waals surface area contributed by atoms with Gasteiger partial charge in [-0.2, -0.15) is 0 Å². The maximum Gasteiger partial charge on any atom is 0.179 e. The smallest absolute Gasteiger partial charge is 0.179 e. The van der Waals surface area contributed by atoms with Crippen LogP contribution in [0.5, 0.6) is 0 Å². The molecule has 2 rings (SSSR count). The van der Waals surface area contributed by atoms with E-state index in [1.807, 2.05) is 0 Å². The molecule has 0 fully saturated rings. The zero-order chi connectivity index (χ0) is 8.72. The van der Waals surface area contributed by atoms with Crippen molar-refractivity contribution in [2.24, 2.45) is 0 Å². The highest BCUT2D eigenvalue weighted by Gasteiger charge is 2.25. The van der Waals surface area contributed by atoms with Crippen LogP contribution < -0.4 is 4.72 Å². The Bertz CT molecular complexity index is 333. The largest absolute Gasteiger partial charge is 0.593 e. The molecule has 12 heavy (non-hydrogen) atoms. The van der Waals surface area contributed by atoms with E-state index in [-0.39, 0.29) is 5.82 Å². The van der Waals surface area contributed by atoms with Crippen molar-refractivity contribution >= 4 is 27.3 Å². The van der Waals surface area contributed by atoms with E-state index in [0.717, 1.165) is 5.56 Å². The van der Waals surface area contributed by atoms with Crippen LogP contribution in [0.2, 0.25) is 0 Å². The summed E-state index contributed by atoms with van der Waals surface area (Å²) in [5, 5.41) is 0. The molecule has 1 atom stereocenters. The fourth-order valence-corrected chi connectivity index (χ4v) is 2.63. The molecule has 1 aliphatic heterocycles. The minimum atomic E-state index is -1.16. The number of fused-ring (bicyclic) bond motifs is 1. The lowest BCUT2D eigenvalue weighted by Crippen LogP contribution is -2.13. The molecule has 0 radical (unpaired) electrons. The standard InChI is InChI=1S/C7H5BrFNOS/c8-5-2-7-4(1-6(5)9)3-10-12(7)11/h1-2,10H,3H2. The molecule has 2 nitrogen and oxygen atoms in total. The van der Waals surface area contributed by atoms with Crippen molar-refractivity contribution in [1.82, 2.24) is 4.72 Å². The third-order valence-electron chi connectivity index (χ3n) is 1.70. The quantitative estimate of drug-likeness (QED) is 0.711. The zero-order valence-corrected chi connectivity index (χ0v) is 8.34. The summed E-state index contributed by atoms with van der Waals surface area (Å²) in [4.78, 5) is 0.670. The second kappa shape index (κ2) is 2.99. The lowest BCUT2D eigenvalue weighted by atomic mass is 10.2. The second-order valence-electron chi connectivity index (χ2n) is 2.46. The van der Waals surface area contributed by atoms with Crippen LogP contribution in [0.15, 0.2) is 21.5 Å². The molecule has 1 unspecified atom stereocenters. The molecule has 1 heterocycles. The van der Waals surface area contributed by atoms with Gasteiger partial charge in [0, 0.05) is 11.6 Å². The molecule has 0 saturated carbocycles. The fourth-order valence-electron chi connectivity index (χ4n) is 1.10. The van der Waals surface area contributed by atoms with E-state index in [2.05, 4.69) is 20.7 Å². The van der Waals surface area contributed by atoms with Crippen molar-refractivity contribution in [2.45, 2.75) is 11.4 Å². The molecule has 1 aromatic rings. The number of halogens is 2. The zero-order valence-electron chi connectivity index (χ0n) is 5.93. The molecular weight excluding hydrogens is 245 g/mol. The number of rotatable bonds is 0. The average molecular weight is 250 g/mol. The van der Waals surface area contributed by atoms with E-state index >= 15 is 0 Å². The van der Waals surface area contributed by atoms with Crippen LogP contribution in [0.25, 0.3) is 0 Å². The monoisotopic (exact) mass is 249 g/mol. The molecule has 0 spiro atoms. The molecule has 0 amide bonds. The highest BCUT2D eigenvalue weighted by molar-refractivity contribution is 9.10. The van der Waals surface area contributed by atoms with Gasteiger partial charge in [-0.3, -0.25) is 0 Å². The van der Waals surface area contributed by atoms with Gasteiger partial charge in [0.2, 0.25) is 0 Å². The van der Waals surface area contributed by atoms with Crippen LogP contribution >= 0.6 is 15.9 Å². The first-order chi connectivity index (χ1) is 5.68. The number of hydrogen-bond donors (Lipinski definition) is 1. The molecule has 0 aliphatic carbocycles. The lowest BCUT2D eigenvalue weighted by Gasteiger charge is -2.01. The number of nitrogens with one attached hydrogen (secondary N) is 1. The van der Waals surface area contributed by atoms with Gasteiger partial charge in [-0.15, -0.1) is 4.72 Å². The van der Waals surface area contributed by atoms with Gasteiger partial charge < -0.3 is 4.55 Å². The lowest BCUT2D eigenvalue weighted by molar-refractivity contribution is 0.588. The third kappa shape index (κ3) is 1.26. The molecule has 0 bridgehead atoms. The summed E-state index contributed by atoms with van der Waals surface area (Å²) in [6.07, 6.45) is 0. The molecule has 0 aromatic heterocycles. The first-order valence-electron chi connectivity index (χ1n) is 3.31. The van der Waals surface area contributed by atoms with Crippen molar-refractivity contribution < 1.29 is 8.94 Å². The predicted octanol–water partition coefficient (Wildman–Crippen LogP) is 1.71. The topological polar surface area (TPSA) is 35.1 Å². The molecule has 5 heteroatoms. The summed E-state index contributed by atoms with van der Waals surface area (Å²) in [6.45, 7) is 0.478. The Hall–Kier alpha value is -0.100. The molecule has 1 N–H and O–H groups in total. The third-order valence-corrected chi connectivity index (χ3v) is 3.49. The van der Waals surface area contributed by atoms with Crippen molar-refractivity contribution in [3.05, 3.63) is 28.0 Å². The Morgan fingerprint density at radius 1 is 1.58 bits per heavy atom. The molecular formula is C7H5BrFNOS. The van der Waals surface area contributed by atoms with Crippen LogP contribution in [-0.4, -0.2) is 4.55 Å². The van der Waals surface area contributed by atoms with E-state index in [4.69, 9.17) is 0 Å². The summed E-state index contributed by atoms with van der Waals surface area (Å²) in [7, 11) is 0. The van der Waals surface area contributed by atoms with E-state index in [1.54, 1.807) is 6.07 Å². The summed E-state index contributed by atoms with van der Waals surface area (Å²) < 4.78 is 27.2. The summed E-state index contributed by atoms with van der Waals surface area (Å²) in [5.74, 6) is -0.311. The molecule has 0 saturated heterocycles. The Labute approximate surface area is 80.6 Å². The Balaban J connectivity index is 2.56. The van der Waals surface area contributed by atoms with Crippen LogP contribution in [-0.2, 0) is 17.9 Å². The molecule has 1 aromatic carbocycles. The number of benzene rings is 1. The van der Waals surface area contributed by atoms with Gasteiger partial charge in [0.05, 0.1) is 22.4 Å². The first-order valence-corrected chi connectivity index (χ1v) is 5.26. The van der Waals surface area contributed by atoms with Gasteiger partial charge in [-0.1, -0.05) is 0 Å². The highest BCUT2D eigenvalue weighted by Crippen LogP contribution is 2.27. The van der Waals surface area contributed by atoms with Crippen LogP contribution in [0.3, 0.4) is 0 Å². The summed E-state index contributed by atoms with van der Waals surface area (Å²) in [5.41, 5.74) is 0.772. The molecule has 1 aliphatic rings. The SMILES string of the molecule is [O-][S+]1NCc2cc(F)c(Br)cc21. The van der Waals surface area contributed by atoms with Crippen molar-refractivity contribution in [1.29, 1.82) is 0 Å². The van der Waals surface area contributed by atoms with Gasteiger partial charge in [-0.05, 0) is 22.0 Å². The summed E-state index contributed by atoms with van der Waals surface area (Å²) in [6, 6.07) is 2.96. The first kappa shape index (κ1) is 8.50. The van der Waals surface area contributed by atoms with Crippen LogP contribution in [0.1, 0.15) is 5.56 Å². The second-order valence-corrected chi connectivity index (χ2v) is 4.58. The highest BCUT2D eigenvalue weighted by atomic mass is 79.9. The number of hydrogen-bond acceptors (Lipinski definition) is 2. The van der Waals surface area contributed by atoms with Crippen molar-refractivity contribution in [3.8, 4) is 0 Å². The van der Waals surface area contributed by atoms with E-state index in [9.17, 15) is 8.94 Å². The molecule has 64 valence electrons. The van der Waals surface area contributed by atoms with E-state index in [1.165, 1.54) is 6.07 Å². The van der Waals surface area contributed by atoms with Gasteiger partial charge in [0.1, 0.15) is 5.82 Å². The normalized spacial score (nSPS) is 21.1. The predicted molar refractivity (Wildman–Crippen MR) is 47.3 cm³/mol. The average Bonchev–Trinajstić information content (AvgIpc) is 2.35. The Kier molecular flexibility index (Phi) is 2.12. The maximum atomic E-state index is 12.9. The Morgan fingerprint density at radius 2 is 2.33 bits per heavy atom. The minimum absolute atomic E-state index is 0.311. The summed E-state index contributed by atoms with van der Waals surface area (Å²) >= 11 is 1.88. The van der Waals surface area contributed by atoms with Gasteiger partial charge in [-0.25, -0.2) is 4.39 Å². The fraction of sp³-hybridized carbons (Fsp3) is 0.143. The van der Waals surface area contributed by atoms with Crippen LogP contribution in [0, 0.1) is 5.82 Å². The van der Waals surface area contributed by atoms with Crippen LogP contribution in [0.4, 0.5) is 4.39 Å². The van der Waals surface area contributed by atoms with Gasteiger partial charge >= 0.3 is 0 Å². The van der Waals surface area contributed by atoms with Gasteiger partial charge in [0.15, 0.2) is 4.90 Å². The maximum absolute atomic E-state index is 12.9.